The molecular weight excluding hydrogens is 1210 g/mol. The van der Waals surface area contributed by atoms with Gasteiger partial charge in [-0.25, -0.2) is 57.1 Å². The highest BCUT2D eigenvalue weighted by Gasteiger charge is 2.08. The topological polar surface area (TPSA) is 0 Å². The zero-order valence-corrected chi connectivity index (χ0v) is 57.0. The lowest BCUT2D eigenvalue weighted by molar-refractivity contribution is 0.497. The van der Waals surface area contributed by atoms with Crippen molar-refractivity contribution in [3.8, 4) is 0 Å². The minimum Gasteiger partial charge on any atom is -0.207 e. The van der Waals surface area contributed by atoms with Crippen molar-refractivity contribution in [3.05, 3.63) is 351 Å². The number of hydrogen-bond donors (Lipinski definition) is 0. The molecule has 0 N–H and O–H groups in total. The van der Waals surface area contributed by atoms with Crippen molar-refractivity contribution in [2.45, 2.75) is 138 Å². The Balaban J connectivity index is 0.000000517. The number of rotatable bonds is 0. The predicted molar refractivity (Wildman–Crippen MR) is 359 cm³/mol. The Hall–Kier alpha value is -8.71. The van der Waals surface area contributed by atoms with Crippen molar-refractivity contribution in [2.75, 3.05) is 0 Å². The predicted octanol–water partition coefficient (Wildman–Crippen LogP) is 24.8. The molecule has 93 heavy (non-hydrogen) atoms. The molecule has 0 atom stereocenters. The van der Waals surface area contributed by atoms with Crippen LogP contribution in [0.1, 0.15) is 111 Å². The molecule has 0 heterocycles. The summed E-state index contributed by atoms with van der Waals surface area (Å²) in [6.07, 6.45) is 0. The summed E-state index contributed by atoms with van der Waals surface area (Å²) in [7, 11) is 0. The minimum absolute atomic E-state index is 0.0885. The van der Waals surface area contributed by atoms with Gasteiger partial charge in [-0.15, -0.1) is 0 Å². The van der Waals surface area contributed by atoms with E-state index in [1.165, 1.54) is 137 Å². The largest absolute Gasteiger partial charge is 0.207 e. The van der Waals surface area contributed by atoms with Gasteiger partial charge in [-0.3, -0.25) is 0 Å². The Kier molecular flexibility index (Phi) is 36.3. The second-order valence-electron chi connectivity index (χ2n) is 22.8. The molecule has 0 aliphatic heterocycles. The normalized spacial score (nSPS) is 9.77. The van der Waals surface area contributed by atoms with E-state index >= 15 is 0 Å². The lowest BCUT2D eigenvalue weighted by Gasteiger charge is -1.99. The first-order chi connectivity index (χ1) is 43.2. The lowest BCUT2D eigenvalue weighted by atomic mass is 10.1. The van der Waals surface area contributed by atoms with Crippen LogP contribution >= 0.6 is 0 Å². The van der Waals surface area contributed by atoms with Crippen LogP contribution in [0.25, 0.3) is 0 Å². The first kappa shape index (κ1) is 82.3. The molecule has 0 fully saturated rings. The SMILES string of the molecule is Cc1cc(F)c(C)c(F)c1.Cc1cc(F)c(C)c(F)c1.Cc1cc(F)c(C)c(F)c1.Cc1cc(F)c(C)cc1F.Cc1ccc(C)c(F)c1.Cc1ccc(C)c(F)c1.Cc1ccc(C)c(F)c1.Cc1ccc(C)c(F)c1F.Cc1ccc(C)cc1.Cc1ccc(C)cc1. The maximum absolute atomic E-state index is 12.6. The van der Waals surface area contributed by atoms with Gasteiger partial charge in [0.15, 0.2) is 11.6 Å². The van der Waals surface area contributed by atoms with Gasteiger partial charge in [-0.1, -0.05) is 119 Å². The summed E-state index contributed by atoms with van der Waals surface area (Å²) in [4.78, 5) is 0. The molecule has 498 valence electrons. The van der Waals surface area contributed by atoms with Crippen LogP contribution in [0.4, 0.5) is 57.1 Å². The molecule has 0 spiro atoms. The van der Waals surface area contributed by atoms with Crippen LogP contribution in [0.3, 0.4) is 0 Å². The van der Waals surface area contributed by atoms with Crippen LogP contribution in [-0.2, 0) is 0 Å². The molecule has 0 aliphatic carbocycles. The molecule has 13 heteroatoms. The molecule has 0 aliphatic rings. The van der Waals surface area contributed by atoms with Crippen LogP contribution in [0, 0.1) is 214 Å². The van der Waals surface area contributed by atoms with Gasteiger partial charge in [-0.2, -0.15) is 0 Å². The fourth-order valence-corrected chi connectivity index (χ4v) is 7.17. The zero-order chi connectivity index (χ0) is 71.1. The Morgan fingerprint density at radius 1 is 0.140 bits per heavy atom. The number of halogens is 13. The van der Waals surface area contributed by atoms with Crippen LogP contribution in [-0.4, -0.2) is 0 Å². The van der Waals surface area contributed by atoms with E-state index < -0.39 is 46.5 Å². The van der Waals surface area contributed by atoms with E-state index in [2.05, 4.69) is 76.2 Å². The third kappa shape index (κ3) is 31.9. The molecule has 0 nitrogen and oxygen atoms in total. The molecule has 0 bridgehead atoms. The van der Waals surface area contributed by atoms with Crippen molar-refractivity contribution in [2.24, 2.45) is 0 Å². The van der Waals surface area contributed by atoms with Gasteiger partial charge in [0.05, 0.1) is 0 Å². The third-order valence-corrected chi connectivity index (χ3v) is 13.6. The average molecular weight is 1300 g/mol. The van der Waals surface area contributed by atoms with E-state index in [-0.39, 0.29) is 45.8 Å². The second kappa shape index (κ2) is 41.0. The molecule has 0 aromatic heterocycles. The van der Waals surface area contributed by atoms with Crippen LogP contribution in [0.15, 0.2) is 164 Å². The van der Waals surface area contributed by atoms with E-state index in [0.29, 0.717) is 55.6 Å². The molecule has 10 aromatic carbocycles. The summed E-state index contributed by atoms with van der Waals surface area (Å²) in [5.41, 5.74) is 13.9. The number of benzene rings is 10. The van der Waals surface area contributed by atoms with Crippen LogP contribution in [0.2, 0.25) is 0 Å². The van der Waals surface area contributed by atoms with Crippen LogP contribution < -0.4 is 0 Å². The van der Waals surface area contributed by atoms with Gasteiger partial charge in [0, 0.05) is 16.7 Å². The number of aryl methyl sites for hydroxylation is 17. The summed E-state index contributed by atoms with van der Waals surface area (Å²) in [5.74, 6) is -5.36. The van der Waals surface area contributed by atoms with Gasteiger partial charge in [0.2, 0.25) is 0 Å². The van der Waals surface area contributed by atoms with Gasteiger partial charge < -0.3 is 0 Å². The standard InChI is InChI=1S/5C8H8F2.3C8H9F.2C8H10/c1-5-3-8(10)6(2)4-7(5)9;3*1-5-3-7(9)6(2)8(10)4-5;1-5-3-4-6(2)8(10)7(5)9;3*1-6-3-4-7(2)8(9)5-6;2*1-7-3-5-8(2)6-4-7/h5*3-4H,1-2H3;3*3-5H,1-2H3;2*3-6H,1-2H3. The summed E-state index contributed by atoms with van der Waals surface area (Å²) in [5, 5.41) is 0. The quantitative estimate of drug-likeness (QED) is 0.133. The van der Waals surface area contributed by atoms with E-state index in [9.17, 15) is 57.1 Å². The molecule has 0 radical (unpaired) electrons. The van der Waals surface area contributed by atoms with E-state index in [0.717, 1.165) is 16.7 Å². The molecule has 10 aromatic rings. The molecule has 0 saturated heterocycles. The van der Waals surface area contributed by atoms with Crippen molar-refractivity contribution < 1.29 is 57.1 Å². The minimum atomic E-state index is -0.736. The fraction of sp³-hybridized carbons (Fsp3) is 0.250. The fourth-order valence-electron chi connectivity index (χ4n) is 7.17. The van der Waals surface area contributed by atoms with Crippen molar-refractivity contribution in [3.63, 3.8) is 0 Å². The van der Waals surface area contributed by atoms with Crippen LogP contribution in [0.5, 0.6) is 0 Å². The first-order valence-electron chi connectivity index (χ1n) is 29.6. The summed E-state index contributed by atoms with van der Waals surface area (Å²) < 4.78 is 164. The highest BCUT2D eigenvalue weighted by molar-refractivity contribution is 5.29. The molecule has 0 unspecified atom stereocenters. The third-order valence-electron chi connectivity index (χ3n) is 13.6. The lowest BCUT2D eigenvalue weighted by Crippen LogP contribution is -1.91. The van der Waals surface area contributed by atoms with Gasteiger partial charge in [0.1, 0.15) is 64.0 Å². The average Bonchev–Trinajstić information content (AvgIpc) is 3.68. The Labute approximate surface area is 543 Å². The highest BCUT2D eigenvalue weighted by Crippen LogP contribution is 2.18. The first-order valence-corrected chi connectivity index (χ1v) is 29.6. The van der Waals surface area contributed by atoms with E-state index in [4.69, 9.17) is 0 Å². The second-order valence-corrected chi connectivity index (χ2v) is 22.8. The van der Waals surface area contributed by atoms with Gasteiger partial charge in [-0.05, 0) is 278 Å². The maximum atomic E-state index is 12.6. The molecule has 0 amide bonds. The highest BCUT2D eigenvalue weighted by atomic mass is 19.2. The molecular formula is C80H87F13. The summed E-state index contributed by atoms with van der Waals surface area (Å²) in [6, 6.07) is 46.1. The molecule has 10 rings (SSSR count). The zero-order valence-electron chi connectivity index (χ0n) is 57.0. The number of hydrogen-bond acceptors (Lipinski definition) is 0. The summed E-state index contributed by atoms with van der Waals surface area (Å²) in [6.45, 7) is 34.7. The Morgan fingerprint density at radius 3 is 0.462 bits per heavy atom. The summed E-state index contributed by atoms with van der Waals surface area (Å²) >= 11 is 0. The van der Waals surface area contributed by atoms with Gasteiger partial charge in [0.25, 0.3) is 0 Å². The van der Waals surface area contributed by atoms with E-state index in [1.54, 1.807) is 71.9 Å². The maximum Gasteiger partial charge on any atom is 0.161 e. The van der Waals surface area contributed by atoms with Crippen molar-refractivity contribution >= 4 is 0 Å². The van der Waals surface area contributed by atoms with Crippen molar-refractivity contribution in [1.29, 1.82) is 0 Å². The Morgan fingerprint density at radius 2 is 0.290 bits per heavy atom. The molecule has 0 saturated carbocycles. The van der Waals surface area contributed by atoms with Gasteiger partial charge >= 0.3 is 0 Å². The van der Waals surface area contributed by atoms with Crippen molar-refractivity contribution in [1.82, 2.24) is 0 Å². The monoisotopic (exact) mass is 1290 g/mol. The van der Waals surface area contributed by atoms with E-state index in [1.807, 2.05) is 39.0 Å². The Bertz CT molecular complexity index is 3460. The smallest absolute Gasteiger partial charge is 0.161 e.